The highest BCUT2D eigenvalue weighted by Crippen LogP contribution is 2.58. The van der Waals surface area contributed by atoms with Crippen molar-refractivity contribution in [2.75, 3.05) is 64.1 Å². The summed E-state index contributed by atoms with van der Waals surface area (Å²) in [5.74, 6) is -4.33. The lowest BCUT2D eigenvalue weighted by atomic mass is 9.87. The van der Waals surface area contributed by atoms with Crippen LogP contribution in [0.15, 0.2) is 25.3 Å². The lowest BCUT2D eigenvalue weighted by Crippen LogP contribution is -2.46. The van der Waals surface area contributed by atoms with Crippen LogP contribution in [0.2, 0.25) is 0 Å². The Bertz CT molecular complexity index is 4060. The summed E-state index contributed by atoms with van der Waals surface area (Å²) in [6.07, 6.45) is -16.7. The van der Waals surface area contributed by atoms with Crippen LogP contribution in [0.25, 0.3) is 22.3 Å². The predicted molar refractivity (Wildman–Crippen MR) is 332 cm³/mol. The van der Waals surface area contributed by atoms with Crippen molar-refractivity contribution < 1.29 is 171 Å². The average molecular weight is 1630 g/mol. The van der Waals surface area contributed by atoms with E-state index in [4.69, 9.17) is 20.9 Å². The van der Waals surface area contributed by atoms with E-state index < -0.39 is 175 Å². The van der Waals surface area contributed by atoms with Crippen molar-refractivity contribution in [3.8, 4) is 0 Å². The Labute approximate surface area is 598 Å². The van der Waals surface area contributed by atoms with Crippen LogP contribution in [0, 0.1) is 10.8 Å². The summed E-state index contributed by atoms with van der Waals surface area (Å²) in [7, 11) is -35.2. The molecule has 15 atom stereocenters. The SMILES string of the molecule is CC(=O)CC(=O)CCNC(=O)CCNC(=O)C(O)C(C)(C)COP(=O)([O-])OP(=O)([O-])OCC1OC(n2cnc3c(N)ncnc32)C(O)C1OP(=O)([O-])[O-].CC(O)CC(=O)CCNC(=O)CCNC(=O)C(O)C(C)(C)COP(=O)([O-])OP(=O)([O-])OCC1OC(n2cnc3c(N)ncnc32)C(O)C1OP(=O)([O-])[O-]. The molecule has 2 aliphatic rings. The average Bonchev–Trinajstić information content (AvgIpc) is 1.62. The van der Waals surface area contributed by atoms with Crippen LogP contribution in [0.3, 0.4) is 0 Å². The van der Waals surface area contributed by atoms with Gasteiger partial charge in [-0.2, -0.15) is 0 Å². The monoisotopic (exact) mass is 1630 g/mol. The number of hydrogen-bond donors (Lipinski definition) is 11. The summed E-state index contributed by atoms with van der Waals surface area (Å²) in [4.78, 5) is 201. The van der Waals surface area contributed by atoms with Crippen molar-refractivity contribution in [3.63, 3.8) is 0 Å². The number of hydrogen-bond acceptors (Lipinski definition) is 44. The second kappa shape index (κ2) is 38.1. The lowest BCUT2D eigenvalue weighted by Gasteiger charge is -2.36. The molecule has 598 valence electrons. The van der Waals surface area contributed by atoms with E-state index in [9.17, 15) is 126 Å². The van der Waals surface area contributed by atoms with Gasteiger partial charge in [-0.1, -0.05) is 27.7 Å². The van der Waals surface area contributed by atoms with E-state index in [-0.39, 0.29) is 116 Å². The summed E-state index contributed by atoms with van der Waals surface area (Å²) >= 11 is 0. The van der Waals surface area contributed by atoms with Crippen molar-refractivity contribution in [2.45, 2.75) is 147 Å². The number of Topliss-reactive ketones (excluding diaryl/α,β-unsaturated/α-hetero) is 3. The van der Waals surface area contributed by atoms with Gasteiger partial charge in [0.25, 0.3) is 31.3 Å². The largest absolute Gasteiger partial charge is 0.790 e. The number of carbonyl (C=O) groups excluding carboxylic acids is 7. The normalized spacial score (nSPS) is 22.5. The molecule has 106 heavy (non-hydrogen) atoms. The van der Waals surface area contributed by atoms with Gasteiger partial charge in [-0.25, -0.2) is 38.5 Å². The summed E-state index contributed by atoms with van der Waals surface area (Å²) in [6, 6.07) is 0. The number of nitrogens with zero attached hydrogens (tertiary/aromatic N) is 8. The molecular weight excluding hydrogens is 1560 g/mol. The van der Waals surface area contributed by atoms with E-state index in [2.05, 4.69) is 86.9 Å². The lowest BCUT2D eigenvalue weighted by molar-refractivity contribution is -0.348. The molecule has 13 N–H and O–H groups in total. The number of carbonyl (C=O) groups is 7. The van der Waals surface area contributed by atoms with Gasteiger partial charge in [0.1, 0.15) is 89.9 Å². The maximum atomic E-state index is 12.5. The minimum atomic E-state index is -5.92. The fraction of sp³-hybridized carbons (Fsp3) is 0.660. The molecule has 0 spiro atoms. The van der Waals surface area contributed by atoms with E-state index in [1.165, 1.54) is 41.5 Å². The number of ketones is 3. The van der Waals surface area contributed by atoms with Crippen LogP contribution in [0.5, 0.6) is 0 Å². The highest BCUT2D eigenvalue weighted by molar-refractivity contribution is 7.60. The molecule has 2 saturated heterocycles. The molecule has 0 saturated carbocycles. The number of anilines is 2. The first-order valence-corrected chi connectivity index (χ1v) is 39.4. The summed E-state index contributed by atoms with van der Waals surface area (Å²) in [5, 5.41) is 61.0. The van der Waals surface area contributed by atoms with Gasteiger partial charge < -0.3 is 143 Å². The topological polar surface area (TPSA) is 787 Å². The van der Waals surface area contributed by atoms with Crippen molar-refractivity contribution >= 4 is 122 Å². The standard InChI is InChI=1S/C25H42N7O18P3.C25H40N7O18P3/c2*1-13(33)8-14(34)4-6-27-16(35)5-7-28-23(38)20(37)25(2,3)10-47-53(44,45)50-52(42,43)46-9-15-19(49-51(39,40)41)18(36)24(48-15)32-12-31-17-21(26)29-11-30-22(17)32/h11-13,15,18-20,24,33,36-37H,4-10H2,1-3H3,(H,27,35)(H,28,38)(H,42,43)(H,44,45)(H2,26,29,30)(H2,39,40,41);11-12,15,18-20,24,36-37H,4-10H2,1-3H3,(H,27,35)(H,28,38)(H,42,43)(H,44,45)(H2,26,29,30)(H2,39,40,41)/p-8. The number of nitrogens with one attached hydrogen (secondary N) is 4. The van der Waals surface area contributed by atoms with Gasteiger partial charge in [-0.05, 0) is 13.8 Å². The van der Waals surface area contributed by atoms with E-state index in [1.54, 1.807) is 0 Å². The fourth-order valence-corrected chi connectivity index (χ4v) is 14.8. The molecule has 0 aliphatic carbocycles. The zero-order chi connectivity index (χ0) is 79.9. The molecule has 6 rings (SSSR count). The summed E-state index contributed by atoms with van der Waals surface area (Å²) < 4.78 is 120. The van der Waals surface area contributed by atoms with E-state index in [0.29, 0.717) is 0 Å². The number of fused-ring (bicyclic) bond motifs is 2. The van der Waals surface area contributed by atoms with Crippen LogP contribution in [-0.4, -0.2) is 213 Å². The van der Waals surface area contributed by atoms with Crippen LogP contribution in [0.1, 0.15) is 92.5 Å². The number of aliphatic hydroxyl groups is 5. The molecule has 56 heteroatoms. The van der Waals surface area contributed by atoms with E-state index >= 15 is 0 Å². The Morgan fingerprint density at radius 1 is 0.547 bits per heavy atom. The molecule has 50 nitrogen and oxygen atoms in total. The van der Waals surface area contributed by atoms with Crippen molar-refractivity contribution in [1.29, 1.82) is 0 Å². The number of phosphoric ester groups is 6. The Morgan fingerprint density at radius 3 is 1.25 bits per heavy atom. The quantitative estimate of drug-likeness (QED) is 0.0145. The third kappa shape index (κ3) is 28.5. The maximum absolute atomic E-state index is 12.5. The molecule has 2 aliphatic heterocycles. The van der Waals surface area contributed by atoms with Gasteiger partial charge in [-0.15, -0.1) is 0 Å². The van der Waals surface area contributed by atoms with E-state index in [1.807, 2.05) is 0 Å². The number of rotatable bonds is 42. The Kier molecular flexibility index (Phi) is 32.6. The highest BCUT2D eigenvalue weighted by atomic mass is 31.3. The molecule has 4 amide bonds. The minimum Gasteiger partial charge on any atom is -0.790 e. The molecule has 4 aromatic heterocycles. The highest BCUT2D eigenvalue weighted by Gasteiger charge is 2.49. The molecular formula is C50H74N14O36P6-8. The van der Waals surface area contributed by atoms with Crippen LogP contribution < -0.4 is 71.9 Å². The number of aliphatic hydroxyl groups excluding tert-OH is 5. The van der Waals surface area contributed by atoms with Crippen LogP contribution in [-0.2, 0) is 106 Å². The first-order chi connectivity index (χ1) is 48.8. The Hall–Kier alpha value is -5.95. The van der Waals surface area contributed by atoms with Crippen molar-refractivity contribution in [3.05, 3.63) is 25.3 Å². The van der Waals surface area contributed by atoms with Crippen LogP contribution in [0.4, 0.5) is 11.6 Å². The Balaban J connectivity index is 0.000000381. The summed E-state index contributed by atoms with van der Waals surface area (Å²) in [6.45, 7) is 2.20. The smallest absolute Gasteiger partial charge is 0.274 e. The number of aromatic nitrogens is 8. The molecule has 2 fully saturated rings. The van der Waals surface area contributed by atoms with Gasteiger partial charge in [0, 0.05) is 69.1 Å². The van der Waals surface area contributed by atoms with Gasteiger partial charge in [0.15, 0.2) is 35.4 Å². The molecule has 6 heterocycles. The minimum absolute atomic E-state index is 0.000742. The summed E-state index contributed by atoms with van der Waals surface area (Å²) in [5.41, 5.74) is 8.04. The van der Waals surface area contributed by atoms with Gasteiger partial charge in [0.05, 0.1) is 67.3 Å². The predicted octanol–water partition coefficient (Wildman–Crippen LogP) is -8.58. The van der Waals surface area contributed by atoms with Gasteiger partial charge in [0.2, 0.25) is 23.6 Å². The van der Waals surface area contributed by atoms with Gasteiger partial charge >= 0.3 is 0 Å². The first kappa shape index (κ1) is 90.7. The number of nitrogen functional groups attached to an aromatic ring is 2. The number of imidazole rings is 2. The third-order valence-corrected chi connectivity index (χ3v) is 20.6. The fourth-order valence-electron chi connectivity index (χ4n) is 9.31. The second-order valence-corrected chi connectivity index (χ2v) is 32.6. The zero-order valence-electron chi connectivity index (χ0n) is 56.4. The van der Waals surface area contributed by atoms with Crippen LogP contribution >= 0.6 is 46.9 Å². The number of amides is 4. The number of ether oxygens (including phenoxy) is 2. The number of nitrogens with two attached hydrogens (primary N) is 2. The molecule has 4 aromatic rings. The first-order valence-electron chi connectivity index (χ1n) is 30.7. The van der Waals surface area contributed by atoms with Crippen molar-refractivity contribution in [2.24, 2.45) is 10.8 Å². The molecule has 0 radical (unpaired) electrons. The van der Waals surface area contributed by atoms with E-state index in [0.717, 1.165) is 34.4 Å². The molecule has 0 aromatic carbocycles. The molecule has 15 unspecified atom stereocenters. The van der Waals surface area contributed by atoms with Gasteiger partial charge in [-0.3, -0.25) is 61.0 Å². The second-order valence-electron chi connectivity index (χ2n) is 24.5. The van der Waals surface area contributed by atoms with Crippen molar-refractivity contribution in [1.82, 2.24) is 60.3 Å². The molecule has 0 bridgehead atoms. The zero-order valence-corrected chi connectivity index (χ0v) is 61.7. The third-order valence-electron chi connectivity index (χ3n) is 14.5. The maximum Gasteiger partial charge on any atom is 0.274 e. The number of phosphoric acid groups is 6. The Morgan fingerprint density at radius 2 is 0.896 bits per heavy atom.